The Hall–Kier alpha value is -2.15. The second kappa shape index (κ2) is 6.54. The molecule has 7 heteroatoms. The second-order valence-corrected chi connectivity index (χ2v) is 6.66. The van der Waals surface area contributed by atoms with Gasteiger partial charge in [0.05, 0.1) is 10.6 Å². The average molecular weight is 332 g/mol. The smallest absolute Gasteiger partial charge is 0.272 e. The topological polar surface area (TPSA) is 62.5 Å². The van der Waals surface area contributed by atoms with Crippen LogP contribution in [0.15, 0.2) is 23.6 Å². The lowest BCUT2D eigenvalue weighted by atomic mass is 10.1. The van der Waals surface area contributed by atoms with Crippen LogP contribution < -0.4 is 9.80 Å². The van der Waals surface area contributed by atoms with Gasteiger partial charge >= 0.3 is 0 Å². The fourth-order valence-electron chi connectivity index (χ4n) is 2.89. The first-order valence-electron chi connectivity index (χ1n) is 7.71. The summed E-state index contributed by atoms with van der Waals surface area (Å²) in [5, 5.41) is 14.1. The third-order valence-corrected chi connectivity index (χ3v) is 5.13. The van der Waals surface area contributed by atoms with Crippen LogP contribution >= 0.6 is 11.3 Å². The molecular formula is C16H20N4O2S. The number of nitro groups is 1. The summed E-state index contributed by atoms with van der Waals surface area (Å²) in [6.07, 6.45) is 1.05. The minimum absolute atomic E-state index is 0.184. The van der Waals surface area contributed by atoms with Crippen molar-refractivity contribution in [3.63, 3.8) is 0 Å². The zero-order chi connectivity index (χ0) is 16.4. The van der Waals surface area contributed by atoms with Gasteiger partial charge < -0.3 is 9.80 Å². The highest BCUT2D eigenvalue weighted by molar-refractivity contribution is 7.13. The van der Waals surface area contributed by atoms with Crippen LogP contribution in [0, 0.1) is 24.0 Å². The van der Waals surface area contributed by atoms with Crippen molar-refractivity contribution in [2.45, 2.75) is 20.3 Å². The first kappa shape index (κ1) is 15.7. The second-order valence-electron chi connectivity index (χ2n) is 5.83. The van der Waals surface area contributed by atoms with E-state index in [1.807, 2.05) is 19.1 Å². The Balaban J connectivity index is 1.73. The molecule has 1 aromatic carbocycles. The quantitative estimate of drug-likeness (QED) is 0.637. The Labute approximate surface area is 139 Å². The van der Waals surface area contributed by atoms with Crippen LogP contribution in [0.1, 0.15) is 17.7 Å². The Bertz CT molecular complexity index is 716. The van der Waals surface area contributed by atoms with Gasteiger partial charge in [0, 0.05) is 48.9 Å². The van der Waals surface area contributed by atoms with Crippen molar-refractivity contribution in [1.29, 1.82) is 0 Å². The number of benzene rings is 1. The van der Waals surface area contributed by atoms with Crippen molar-refractivity contribution in [2.24, 2.45) is 0 Å². The fraction of sp³-hybridized carbons (Fsp3) is 0.438. The van der Waals surface area contributed by atoms with E-state index < -0.39 is 0 Å². The number of nitrogens with zero attached hydrogens (tertiary/aromatic N) is 4. The van der Waals surface area contributed by atoms with Gasteiger partial charge in [-0.05, 0) is 32.4 Å². The van der Waals surface area contributed by atoms with E-state index in [0.717, 1.165) is 49.1 Å². The number of hydrogen-bond donors (Lipinski definition) is 0. The summed E-state index contributed by atoms with van der Waals surface area (Å²) in [4.78, 5) is 19.8. The normalized spacial score (nSPS) is 15.6. The van der Waals surface area contributed by atoms with Crippen LogP contribution in [0.5, 0.6) is 0 Å². The van der Waals surface area contributed by atoms with E-state index in [4.69, 9.17) is 0 Å². The molecule has 1 aliphatic rings. The first-order valence-corrected chi connectivity index (χ1v) is 8.59. The lowest BCUT2D eigenvalue weighted by Gasteiger charge is -2.23. The molecule has 6 nitrogen and oxygen atoms in total. The summed E-state index contributed by atoms with van der Waals surface area (Å²) < 4.78 is 0. The summed E-state index contributed by atoms with van der Waals surface area (Å²) in [6.45, 7) is 7.58. The van der Waals surface area contributed by atoms with Crippen LogP contribution in [0.2, 0.25) is 0 Å². The van der Waals surface area contributed by atoms with Gasteiger partial charge in [0.25, 0.3) is 5.69 Å². The highest BCUT2D eigenvalue weighted by Crippen LogP contribution is 2.26. The molecule has 122 valence electrons. The molecule has 2 heterocycles. The fourth-order valence-corrected chi connectivity index (χ4v) is 3.75. The van der Waals surface area contributed by atoms with Gasteiger partial charge in [-0.25, -0.2) is 4.98 Å². The van der Waals surface area contributed by atoms with Crippen LogP contribution in [0.3, 0.4) is 0 Å². The highest BCUT2D eigenvalue weighted by Gasteiger charge is 2.19. The molecule has 1 fully saturated rings. The van der Waals surface area contributed by atoms with Gasteiger partial charge in [-0.1, -0.05) is 0 Å². The first-order chi connectivity index (χ1) is 11.0. The summed E-state index contributed by atoms with van der Waals surface area (Å²) in [5.41, 5.74) is 3.02. The molecule has 0 aliphatic carbocycles. The number of anilines is 2. The van der Waals surface area contributed by atoms with Gasteiger partial charge in [0.2, 0.25) is 0 Å². The number of thiazole rings is 1. The van der Waals surface area contributed by atoms with Gasteiger partial charge in [-0.15, -0.1) is 11.3 Å². The molecule has 1 aliphatic heterocycles. The molecule has 0 N–H and O–H groups in total. The van der Waals surface area contributed by atoms with E-state index in [9.17, 15) is 10.1 Å². The number of nitro benzene ring substituents is 1. The number of aromatic nitrogens is 1. The lowest BCUT2D eigenvalue weighted by Crippen LogP contribution is -2.30. The Morgan fingerprint density at radius 1 is 1.17 bits per heavy atom. The van der Waals surface area contributed by atoms with Gasteiger partial charge in [0.15, 0.2) is 5.13 Å². The van der Waals surface area contributed by atoms with Crippen molar-refractivity contribution in [3.8, 4) is 0 Å². The minimum atomic E-state index is -0.325. The summed E-state index contributed by atoms with van der Waals surface area (Å²) in [5.74, 6) is 0. The summed E-state index contributed by atoms with van der Waals surface area (Å²) in [7, 11) is 0. The zero-order valence-electron chi connectivity index (χ0n) is 13.4. The molecule has 0 atom stereocenters. The molecule has 0 saturated carbocycles. The molecule has 0 radical (unpaired) electrons. The standard InChI is InChI=1S/C16H20N4O2S/c1-12-10-14(4-5-15(12)20(21)22)18-6-3-7-19(9-8-18)16-17-13(2)11-23-16/h4-5,10-11H,3,6-9H2,1-2H3. The third kappa shape index (κ3) is 3.44. The molecule has 0 amide bonds. The van der Waals surface area contributed by atoms with Crippen LogP contribution in [-0.2, 0) is 0 Å². The summed E-state index contributed by atoms with van der Waals surface area (Å²) in [6, 6.07) is 5.38. The Morgan fingerprint density at radius 3 is 2.57 bits per heavy atom. The van der Waals surface area contributed by atoms with Crippen molar-refractivity contribution >= 4 is 27.8 Å². The largest absolute Gasteiger partial charge is 0.370 e. The molecule has 1 saturated heterocycles. The van der Waals surface area contributed by atoms with E-state index in [1.165, 1.54) is 0 Å². The minimum Gasteiger partial charge on any atom is -0.370 e. The van der Waals surface area contributed by atoms with Crippen molar-refractivity contribution in [3.05, 3.63) is 45.0 Å². The maximum Gasteiger partial charge on any atom is 0.272 e. The predicted octanol–water partition coefficient (Wildman–Crippen LogP) is 3.38. The van der Waals surface area contributed by atoms with Crippen molar-refractivity contribution < 1.29 is 4.92 Å². The third-order valence-electron chi connectivity index (χ3n) is 4.12. The van der Waals surface area contributed by atoms with E-state index >= 15 is 0 Å². The monoisotopic (exact) mass is 332 g/mol. The van der Waals surface area contributed by atoms with Crippen LogP contribution in [0.4, 0.5) is 16.5 Å². The zero-order valence-corrected chi connectivity index (χ0v) is 14.2. The molecule has 3 rings (SSSR count). The van der Waals surface area contributed by atoms with Crippen LogP contribution in [-0.4, -0.2) is 36.1 Å². The average Bonchev–Trinajstić information content (AvgIpc) is 2.80. The SMILES string of the molecule is Cc1csc(N2CCCN(c3ccc([N+](=O)[O-])c(C)c3)CC2)n1. The van der Waals surface area contributed by atoms with Gasteiger partial charge in [0.1, 0.15) is 0 Å². The van der Waals surface area contributed by atoms with E-state index in [0.29, 0.717) is 5.56 Å². The summed E-state index contributed by atoms with van der Waals surface area (Å²) >= 11 is 1.69. The Kier molecular flexibility index (Phi) is 4.47. The van der Waals surface area contributed by atoms with E-state index in [1.54, 1.807) is 24.3 Å². The number of aryl methyl sites for hydroxylation is 2. The number of rotatable bonds is 3. The van der Waals surface area contributed by atoms with Crippen molar-refractivity contribution in [2.75, 3.05) is 36.0 Å². The van der Waals surface area contributed by atoms with Gasteiger partial charge in [-0.3, -0.25) is 10.1 Å². The molecule has 0 spiro atoms. The molecule has 23 heavy (non-hydrogen) atoms. The van der Waals surface area contributed by atoms with Crippen LogP contribution in [0.25, 0.3) is 0 Å². The molecular weight excluding hydrogens is 312 g/mol. The molecule has 0 unspecified atom stereocenters. The molecule has 2 aromatic rings. The van der Waals surface area contributed by atoms with E-state index in [-0.39, 0.29) is 10.6 Å². The molecule has 0 bridgehead atoms. The highest BCUT2D eigenvalue weighted by atomic mass is 32.1. The predicted molar refractivity (Wildman–Crippen MR) is 93.7 cm³/mol. The number of hydrogen-bond acceptors (Lipinski definition) is 6. The molecule has 1 aromatic heterocycles. The van der Waals surface area contributed by atoms with Crippen molar-refractivity contribution in [1.82, 2.24) is 4.98 Å². The lowest BCUT2D eigenvalue weighted by molar-refractivity contribution is -0.385. The maximum atomic E-state index is 10.9. The Morgan fingerprint density at radius 2 is 1.91 bits per heavy atom. The van der Waals surface area contributed by atoms with Gasteiger partial charge in [-0.2, -0.15) is 0 Å². The maximum absolute atomic E-state index is 10.9. The van der Waals surface area contributed by atoms with E-state index in [2.05, 4.69) is 20.2 Å².